The van der Waals surface area contributed by atoms with Gasteiger partial charge in [0.15, 0.2) is 5.96 Å². The molecular weight excluding hydrogens is 272 g/mol. The zero-order valence-electron chi connectivity index (χ0n) is 13.3. The molecule has 0 aromatic carbocycles. The highest BCUT2D eigenvalue weighted by molar-refractivity contribution is 5.78. The Morgan fingerprint density at radius 2 is 2.10 bits per heavy atom. The fourth-order valence-corrected chi connectivity index (χ4v) is 2.13. The molecule has 1 amide bonds. The highest BCUT2D eigenvalue weighted by Gasteiger charge is 2.23. The van der Waals surface area contributed by atoms with Gasteiger partial charge in [-0.05, 0) is 33.6 Å². The predicted octanol–water partition coefficient (Wildman–Crippen LogP) is 0.937. The van der Waals surface area contributed by atoms with Crippen LogP contribution in [0.4, 0.5) is 4.79 Å². The second-order valence-electron chi connectivity index (χ2n) is 5.29. The van der Waals surface area contributed by atoms with Crippen molar-refractivity contribution in [3.05, 3.63) is 0 Å². The molecule has 1 rings (SSSR count). The number of carbonyl (C=O) groups is 1. The van der Waals surface area contributed by atoms with Gasteiger partial charge in [0.1, 0.15) is 0 Å². The van der Waals surface area contributed by atoms with Gasteiger partial charge in [-0.3, -0.25) is 4.99 Å². The van der Waals surface area contributed by atoms with E-state index in [9.17, 15) is 4.79 Å². The van der Waals surface area contributed by atoms with E-state index in [2.05, 4.69) is 10.3 Å². The van der Waals surface area contributed by atoms with Crippen LogP contribution >= 0.6 is 0 Å². The summed E-state index contributed by atoms with van der Waals surface area (Å²) >= 11 is 0. The maximum atomic E-state index is 11.6. The molecule has 1 saturated heterocycles. The van der Waals surface area contributed by atoms with Gasteiger partial charge in [-0.1, -0.05) is 0 Å². The van der Waals surface area contributed by atoms with Crippen molar-refractivity contribution in [3.8, 4) is 0 Å². The summed E-state index contributed by atoms with van der Waals surface area (Å²) in [6.45, 7) is 8.69. The van der Waals surface area contributed by atoms with Gasteiger partial charge >= 0.3 is 6.09 Å². The quantitative estimate of drug-likeness (QED) is 0.433. The minimum absolute atomic E-state index is 0.210. The second kappa shape index (κ2) is 9.44. The molecule has 1 aliphatic rings. The van der Waals surface area contributed by atoms with Crippen LogP contribution in [0.3, 0.4) is 0 Å². The van der Waals surface area contributed by atoms with Crippen LogP contribution in [0.15, 0.2) is 4.99 Å². The lowest BCUT2D eigenvalue weighted by molar-refractivity contribution is 0.0852. The summed E-state index contributed by atoms with van der Waals surface area (Å²) in [5, 5.41) is 3.19. The van der Waals surface area contributed by atoms with Gasteiger partial charge in [0, 0.05) is 19.1 Å². The number of hydrogen-bond acceptors (Lipinski definition) is 4. The van der Waals surface area contributed by atoms with Crippen LogP contribution in [0.25, 0.3) is 0 Å². The summed E-state index contributed by atoms with van der Waals surface area (Å²) in [4.78, 5) is 17.5. The van der Waals surface area contributed by atoms with Crippen LogP contribution < -0.4 is 11.1 Å². The van der Waals surface area contributed by atoms with Gasteiger partial charge in [0.05, 0.1) is 25.9 Å². The number of nitrogens with zero attached hydrogens (tertiary/aromatic N) is 2. The summed E-state index contributed by atoms with van der Waals surface area (Å²) in [6.07, 6.45) is 1.67. The van der Waals surface area contributed by atoms with Gasteiger partial charge in [-0.15, -0.1) is 0 Å². The lowest BCUT2D eigenvalue weighted by Crippen LogP contribution is -2.48. The van der Waals surface area contributed by atoms with Crippen LogP contribution in [0, 0.1) is 0 Å². The normalized spacial score (nSPS) is 17.1. The Morgan fingerprint density at radius 3 is 2.67 bits per heavy atom. The third-order valence-corrected chi connectivity index (χ3v) is 3.20. The van der Waals surface area contributed by atoms with E-state index in [0.29, 0.717) is 38.8 Å². The molecule has 0 aromatic rings. The molecule has 0 saturated carbocycles. The van der Waals surface area contributed by atoms with E-state index in [4.69, 9.17) is 15.2 Å². The van der Waals surface area contributed by atoms with Crippen molar-refractivity contribution in [1.82, 2.24) is 10.2 Å². The van der Waals surface area contributed by atoms with Crippen LogP contribution in [-0.2, 0) is 9.47 Å². The third kappa shape index (κ3) is 7.17. The molecule has 1 aliphatic heterocycles. The highest BCUT2D eigenvalue weighted by atomic mass is 16.6. The molecule has 7 heteroatoms. The smallest absolute Gasteiger partial charge is 0.409 e. The summed E-state index contributed by atoms with van der Waals surface area (Å²) in [7, 11) is 0. The lowest BCUT2D eigenvalue weighted by Gasteiger charge is -2.31. The maximum absolute atomic E-state index is 11.6. The Labute approximate surface area is 126 Å². The van der Waals surface area contributed by atoms with Crippen LogP contribution in [0.5, 0.6) is 0 Å². The standard InChI is InChI=1S/C14H28N4O3/c1-4-20-14(19)18-8-5-12(6-9-18)17-13(15)16-7-10-21-11(2)3/h11-12H,4-10H2,1-3H3,(H3,15,16,17). The SMILES string of the molecule is CCOC(=O)N1CCC(NC(N)=NCCOC(C)C)CC1. The number of hydrogen-bond donors (Lipinski definition) is 2. The first-order valence-corrected chi connectivity index (χ1v) is 7.62. The van der Waals surface area contributed by atoms with Crippen molar-refractivity contribution in [2.75, 3.05) is 32.8 Å². The minimum atomic E-state index is -0.233. The maximum Gasteiger partial charge on any atom is 0.409 e. The lowest BCUT2D eigenvalue weighted by atomic mass is 10.1. The van der Waals surface area contributed by atoms with Crippen LogP contribution in [0.1, 0.15) is 33.6 Å². The fraction of sp³-hybridized carbons (Fsp3) is 0.857. The van der Waals surface area contributed by atoms with E-state index in [-0.39, 0.29) is 18.2 Å². The first-order valence-electron chi connectivity index (χ1n) is 7.62. The first-order chi connectivity index (χ1) is 10.0. The molecule has 0 bridgehead atoms. The molecule has 0 unspecified atom stereocenters. The summed E-state index contributed by atoms with van der Waals surface area (Å²) in [5.74, 6) is 0.442. The van der Waals surface area contributed by atoms with Gasteiger partial charge in [0.25, 0.3) is 0 Å². The number of piperidine rings is 1. The van der Waals surface area contributed by atoms with Crippen molar-refractivity contribution >= 4 is 12.1 Å². The zero-order valence-corrected chi connectivity index (χ0v) is 13.3. The van der Waals surface area contributed by atoms with Crippen molar-refractivity contribution in [2.45, 2.75) is 45.8 Å². The summed E-state index contributed by atoms with van der Waals surface area (Å²) < 4.78 is 10.4. The summed E-state index contributed by atoms with van der Waals surface area (Å²) in [6, 6.07) is 0.255. The van der Waals surface area contributed by atoms with Gasteiger partial charge in [-0.2, -0.15) is 0 Å². The molecule has 122 valence electrons. The number of ether oxygens (including phenoxy) is 2. The number of nitrogens with two attached hydrogens (primary N) is 1. The largest absolute Gasteiger partial charge is 0.450 e. The Hall–Kier alpha value is -1.50. The number of carbonyl (C=O) groups excluding carboxylic acids is 1. The molecule has 0 aliphatic carbocycles. The Morgan fingerprint density at radius 1 is 1.43 bits per heavy atom. The van der Waals surface area contributed by atoms with Gasteiger partial charge in [0.2, 0.25) is 0 Å². The Bertz CT molecular complexity index is 339. The average Bonchev–Trinajstić information content (AvgIpc) is 2.44. The number of guanidine groups is 1. The van der Waals surface area contributed by atoms with E-state index in [0.717, 1.165) is 12.8 Å². The van der Waals surface area contributed by atoms with E-state index >= 15 is 0 Å². The molecule has 0 spiro atoms. The molecule has 7 nitrogen and oxygen atoms in total. The topological polar surface area (TPSA) is 89.2 Å². The number of rotatable bonds is 6. The van der Waals surface area contributed by atoms with Crippen molar-refractivity contribution < 1.29 is 14.3 Å². The van der Waals surface area contributed by atoms with Crippen LogP contribution in [-0.4, -0.2) is 61.9 Å². The molecule has 0 atom stereocenters. The third-order valence-electron chi connectivity index (χ3n) is 3.20. The second-order valence-corrected chi connectivity index (χ2v) is 5.29. The Balaban J connectivity index is 2.22. The number of amides is 1. The number of nitrogens with one attached hydrogen (secondary N) is 1. The molecule has 1 fully saturated rings. The van der Waals surface area contributed by atoms with Crippen molar-refractivity contribution in [1.29, 1.82) is 0 Å². The minimum Gasteiger partial charge on any atom is -0.450 e. The molecule has 3 N–H and O–H groups in total. The van der Waals surface area contributed by atoms with Crippen molar-refractivity contribution in [3.63, 3.8) is 0 Å². The monoisotopic (exact) mass is 300 g/mol. The number of aliphatic imine (C=N–C) groups is 1. The van der Waals surface area contributed by atoms with Gasteiger partial charge in [-0.25, -0.2) is 4.79 Å². The van der Waals surface area contributed by atoms with E-state index in [1.165, 1.54) is 0 Å². The van der Waals surface area contributed by atoms with E-state index in [1.807, 2.05) is 20.8 Å². The zero-order chi connectivity index (χ0) is 15.7. The van der Waals surface area contributed by atoms with Crippen LogP contribution in [0.2, 0.25) is 0 Å². The number of likely N-dealkylation sites (tertiary alicyclic amines) is 1. The highest BCUT2D eigenvalue weighted by Crippen LogP contribution is 2.11. The van der Waals surface area contributed by atoms with E-state index < -0.39 is 0 Å². The fourth-order valence-electron chi connectivity index (χ4n) is 2.13. The van der Waals surface area contributed by atoms with Crippen molar-refractivity contribution in [2.24, 2.45) is 10.7 Å². The molecule has 1 heterocycles. The van der Waals surface area contributed by atoms with E-state index in [1.54, 1.807) is 4.90 Å². The first kappa shape index (κ1) is 17.6. The molecule has 0 radical (unpaired) electrons. The molecular formula is C14H28N4O3. The summed E-state index contributed by atoms with van der Waals surface area (Å²) in [5.41, 5.74) is 5.84. The average molecular weight is 300 g/mol. The molecule has 21 heavy (non-hydrogen) atoms. The Kier molecular flexibility index (Phi) is 7.89. The predicted molar refractivity (Wildman–Crippen MR) is 82.3 cm³/mol. The molecule has 0 aromatic heterocycles. The van der Waals surface area contributed by atoms with Gasteiger partial charge < -0.3 is 25.4 Å².